The lowest BCUT2D eigenvalue weighted by atomic mass is 10.1. The number of thiophene rings is 1. The van der Waals surface area contributed by atoms with Gasteiger partial charge in [0.1, 0.15) is 0 Å². The molecule has 0 aliphatic carbocycles. The van der Waals surface area contributed by atoms with E-state index in [0.717, 1.165) is 6.54 Å². The van der Waals surface area contributed by atoms with Gasteiger partial charge in [-0.3, -0.25) is 0 Å². The van der Waals surface area contributed by atoms with E-state index in [0.29, 0.717) is 6.04 Å². The van der Waals surface area contributed by atoms with Crippen LogP contribution in [0.4, 0.5) is 0 Å². The summed E-state index contributed by atoms with van der Waals surface area (Å²) in [5.41, 5.74) is 4.08. The lowest BCUT2D eigenvalue weighted by molar-refractivity contribution is 0.516. The molecule has 0 fully saturated rings. The molecule has 0 spiro atoms. The Morgan fingerprint density at radius 2 is 1.85 bits per heavy atom. The van der Waals surface area contributed by atoms with Gasteiger partial charge in [-0.15, -0.1) is 11.3 Å². The van der Waals surface area contributed by atoms with Crippen molar-refractivity contribution in [3.63, 3.8) is 0 Å². The van der Waals surface area contributed by atoms with E-state index in [9.17, 15) is 0 Å². The van der Waals surface area contributed by atoms with Gasteiger partial charge in [-0.05, 0) is 55.6 Å². The number of benzene rings is 1. The zero-order valence-electron chi connectivity index (χ0n) is 13.0. The van der Waals surface area contributed by atoms with Gasteiger partial charge in [-0.1, -0.05) is 38.5 Å². The summed E-state index contributed by atoms with van der Waals surface area (Å²) in [6, 6.07) is 11.8. The van der Waals surface area contributed by atoms with Gasteiger partial charge in [0.2, 0.25) is 0 Å². The summed E-state index contributed by atoms with van der Waals surface area (Å²) < 4.78 is 0. The molecule has 1 unspecified atom stereocenters. The summed E-state index contributed by atoms with van der Waals surface area (Å²) in [6.45, 7) is 9.82. The maximum absolute atomic E-state index is 3.60. The first-order valence-electron chi connectivity index (χ1n) is 7.56. The Balaban J connectivity index is 2.24. The monoisotopic (exact) mass is 287 g/mol. The highest BCUT2D eigenvalue weighted by Gasteiger charge is 2.12. The van der Waals surface area contributed by atoms with E-state index >= 15 is 0 Å². The fourth-order valence-corrected chi connectivity index (χ4v) is 3.58. The van der Waals surface area contributed by atoms with Crippen LogP contribution >= 0.6 is 11.3 Å². The molecule has 20 heavy (non-hydrogen) atoms. The third-order valence-corrected chi connectivity index (χ3v) is 5.04. The van der Waals surface area contributed by atoms with Gasteiger partial charge in [0.25, 0.3) is 0 Å². The highest BCUT2D eigenvalue weighted by Crippen LogP contribution is 2.33. The minimum atomic E-state index is 0.510. The van der Waals surface area contributed by atoms with Gasteiger partial charge < -0.3 is 5.32 Å². The average molecular weight is 287 g/mol. The molecule has 2 rings (SSSR count). The molecule has 1 nitrogen and oxygen atoms in total. The highest BCUT2D eigenvalue weighted by atomic mass is 32.1. The molecule has 1 atom stereocenters. The number of rotatable bonds is 6. The van der Waals surface area contributed by atoms with Crippen molar-refractivity contribution in [3.05, 3.63) is 46.3 Å². The number of aryl methyl sites for hydroxylation is 2. The maximum Gasteiger partial charge on any atom is 0.0414 e. The van der Waals surface area contributed by atoms with E-state index in [1.165, 1.54) is 39.3 Å². The van der Waals surface area contributed by atoms with Crippen molar-refractivity contribution >= 4 is 11.3 Å². The van der Waals surface area contributed by atoms with Gasteiger partial charge in [0.15, 0.2) is 0 Å². The Hall–Kier alpha value is -1.12. The van der Waals surface area contributed by atoms with Crippen molar-refractivity contribution in [1.29, 1.82) is 0 Å². The predicted molar refractivity (Wildman–Crippen MR) is 90.6 cm³/mol. The predicted octanol–water partition coefficient (Wildman–Crippen LogP) is 5.48. The Kier molecular flexibility index (Phi) is 5.38. The third-order valence-electron chi connectivity index (χ3n) is 3.79. The third kappa shape index (κ3) is 3.50. The van der Waals surface area contributed by atoms with Crippen molar-refractivity contribution < 1.29 is 0 Å². The zero-order valence-corrected chi connectivity index (χ0v) is 13.8. The SMILES string of the molecule is CCCC(NCC)c1ccc(-c2ccc(C)c(C)c2)s1. The molecular weight excluding hydrogens is 262 g/mol. The number of hydrogen-bond donors (Lipinski definition) is 1. The summed E-state index contributed by atoms with van der Waals surface area (Å²) in [5.74, 6) is 0. The molecule has 0 aliphatic heterocycles. The molecule has 0 bridgehead atoms. The van der Waals surface area contributed by atoms with Crippen molar-refractivity contribution in [2.24, 2.45) is 0 Å². The van der Waals surface area contributed by atoms with Crippen LogP contribution < -0.4 is 5.32 Å². The normalized spacial score (nSPS) is 12.6. The Labute approximate surface area is 127 Å². The van der Waals surface area contributed by atoms with Crippen molar-refractivity contribution in [3.8, 4) is 10.4 Å². The maximum atomic E-state index is 3.60. The van der Waals surface area contributed by atoms with Crippen molar-refractivity contribution in [2.45, 2.75) is 46.6 Å². The number of nitrogens with one attached hydrogen (secondary N) is 1. The summed E-state index contributed by atoms with van der Waals surface area (Å²) in [4.78, 5) is 2.84. The first-order chi connectivity index (χ1) is 9.65. The van der Waals surface area contributed by atoms with Crippen LogP contribution in [0.1, 0.15) is 48.7 Å². The summed E-state index contributed by atoms with van der Waals surface area (Å²) in [7, 11) is 0. The van der Waals surface area contributed by atoms with Crippen LogP contribution in [0.3, 0.4) is 0 Å². The topological polar surface area (TPSA) is 12.0 Å². The summed E-state index contributed by atoms with van der Waals surface area (Å²) in [6.07, 6.45) is 2.43. The molecule has 2 aromatic rings. The van der Waals surface area contributed by atoms with Gasteiger partial charge in [-0.2, -0.15) is 0 Å². The fraction of sp³-hybridized carbons (Fsp3) is 0.444. The van der Waals surface area contributed by atoms with Gasteiger partial charge in [-0.25, -0.2) is 0 Å². The molecule has 1 heterocycles. The largest absolute Gasteiger partial charge is 0.310 e. The van der Waals surface area contributed by atoms with E-state index in [2.05, 4.69) is 63.3 Å². The van der Waals surface area contributed by atoms with Crippen LogP contribution in [0.2, 0.25) is 0 Å². The molecule has 0 saturated carbocycles. The van der Waals surface area contributed by atoms with Gasteiger partial charge in [0.05, 0.1) is 0 Å². The fourth-order valence-electron chi connectivity index (χ4n) is 2.47. The summed E-state index contributed by atoms with van der Waals surface area (Å²) >= 11 is 1.93. The van der Waals surface area contributed by atoms with E-state index in [1.807, 2.05) is 11.3 Å². The average Bonchev–Trinajstić information content (AvgIpc) is 2.91. The lowest BCUT2D eigenvalue weighted by Crippen LogP contribution is -2.19. The Morgan fingerprint density at radius 1 is 1.05 bits per heavy atom. The zero-order chi connectivity index (χ0) is 14.5. The smallest absolute Gasteiger partial charge is 0.0414 e. The standard InChI is InChI=1S/C18H25NS/c1-5-7-16(19-6-2)18-11-10-17(20-18)15-9-8-13(3)14(4)12-15/h8-12,16,19H,5-7H2,1-4H3. The molecule has 1 aromatic carbocycles. The van der Waals surface area contributed by atoms with Crippen LogP contribution in [0.25, 0.3) is 10.4 Å². The van der Waals surface area contributed by atoms with Crippen LogP contribution in [0, 0.1) is 13.8 Å². The Bertz CT molecular complexity index is 550. The minimum absolute atomic E-state index is 0.510. The molecule has 0 aliphatic rings. The Morgan fingerprint density at radius 3 is 2.50 bits per heavy atom. The highest BCUT2D eigenvalue weighted by molar-refractivity contribution is 7.15. The van der Waals surface area contributed by atoms with E-state index < -0.39 is 0 Å². The quantitative estimate of drug-likeness (QED) is 0.741. The summed E-state index contributed by atoms with van der Waals surface area (Å²) in [5, 5.41) is 3.60. The van der Waals surface area contributed by atoms with Crippen LogP contribution in [0.15, 0.2) is 30.3 Å². The van der Waals surface area contributed by atoms with E-state index in [4.69, 9.17) is 0 Å². The molecular formula is C18H25NS. The molecule has 0 radical (unpaired) electrons. The molecule has 1 aromatic heterocycles. The second-order valence-corrected chi connectivity index (χ2v) is 6.52. The van der Waals surface area contributed by atoms with E-state index in [-0.39, 0.29) is 0 Å². The number of hydrogen-bond acceptors (Lipinski definition) is 2. The lowest BCUT2D eigenvalue weighted by Gasteiger charge is -2.15. The molecule has 108 valence electrons. The van der Waals surface area contributed by atoms with Crippen LogP contribution in [-0.2, 0) is 0 Å². The van der Waals surface area contributed by atoms with Crippen LogP contribution in [0.5, 0.6) is 0 Å². The van der Waals surface area contributed by atoms with Gasteiger partial charge >= 0.3 is 0 Å². The van der Waals surface area contributed by atoms with Crippen molar-refractivity contribution in [1.82, 2.24) is 5.32 Å². The molecule has 1 N–H and O–H groups in total. The molecule has 2 heteroatoms. The van der Waals surface area contributed by atoms with Gasteiger partial charge in [0, 0.05) is 15.8 Å². The molecule has 0 saturated heterocycles. The molecule has 0 amide bonds. The van der Waals surface area contributed by atoms with Crippen LogP contribution in [-0.4, -0.2) is 6.54 Å². The first-order valence-corrected chi connectivity index (χ1v) is 8.38. The van der Waals surface area contributed by atoms with E-state index in [1.54, 1.807) is 0 Å². The second kappa shape index (κ2) is 7.05. The second-order valence-electron chi connectivity index (χ2n) is 5.40. The van der Waals surface area contributed by atoms with Crippen molar-refractivity contribution in [2.75, 3.05) is 6.54 Å². The first kappa shape index (κ1) is 15.3. The minimum Gasteiger partial charge on any atom is -0.310 e.